The SMILES string of the molecule is CCCCCCCCCCCCCCOc1ccccc1NC(=O)C(C(=O)C(C)(C)C)N1C(=O)CN(Cc2ccccc2)C1=O. The Hall–Kier alpha value is -3.68. The zero-order valence-electron chi connectivity index (χ0n) is 27.8. The minimum atomic E-state index is -1.60. The number of Topliss-reactive ketones (excluding diaryl/α,β-unsaturated/α-hetero) is 1. The van der Waals surface area contributed by atoms with Crippen molar-refractivity contribution >= 4 is 29.3 Å². The Balaban J connectivity index is 1.55. The minimum Gasteiger partial charge on any atom is -0.491 e. The molecule has 1 saturated heterocycles. The summed E-state index contributed by atoms with van der Waals surface area (Å²) in [7, 11) is 0. The van der Waals surface area contributed by atoms with Crippen LogP contribution in [0.2, 0.25) is 0 Å². The molecule has 0 bridgehead atoms. The summed E-state index contributed by atoms with van der Waals surface area (Å²) in [6, 6.07) is 14.1. The number of nitrogens with one attached hydrogen (secondary N) is 1. The lowest BCUT2D eigenvalue weighted by Gasteiger charge is -2.29. The van der Waals surface area contributed by atoms with Gasteiger partial charge in [-0.05, 0) is 24.1 Å². The van der Waals surface area contributed by atoms with Gasteiger partial charge >= 0.3 is 6.03 Å². The fourth-order valence-corrected chi connectivity index (χ4v) is 5.53. The van der Waals surface area contributed by atoms with Crippen LogP contribution in [0.3, 0.4) is 0 Å². The minimum absolute atomic E-state index is 0.201. The van der Waals surface area contributed by atoms with E-state index in [1.165, 1.54) is 69.1 Å². The highest BCUT2D eigenvalue weighted by molar-refractivity contribution is 6.19. The third-order valence-electron chi connectivity index (χ3n) is 8.18. The number of hydrogen-bond donors (Lipinski definition) is 1. The molecule has 1 aliphatic rings. The summed E-state index contributed by atoms with van der Waals surface area (Å²) in [6.07, 6.45) is 15.0. The number of benzene rings is 2. The van der Waals surface area contributed by atoms with E-state index in [1.807, 2.05) is 36.4 Å². The molecule has 3 rings (SSSR count). The van der Waals surface area contributed by atoms with Crippen LogP contribution in [0.1, 0.15) is 110 Å². The molecule has 2 aromatic rings. The second kappa shape index (κ2) is 18.3. The molecule has 0 saturated carbocycles. The quantitative estimate of drug-likeness (QED) is 0.0917. The third kappa shape index (κ3) is 11.3. The van der Waals surface area contributed by atoms with Gasteiger partial charge in [0.2, 0.25) is 0 Å². The van der Waals surface area contributed by atoms with Crippen molar-refractivity contribution in [2.45, 2.75) is 117 Å². The normalized spacial score (nSPS) is 14.1. The molecule has 45 heavy (non-hydrogen) atoms. The Bertz CT molecular complexity index is 1240. The van der Waals surface area contributed by atoms with Crippen molar-refractivity contribution in [2.75, 3.05) is 18.5 Å². The number of ketones is 1. The highest BCUT2D eigenvalue weighted by Gasteiger charge is 2.49. The van der Waals surface area contributed by atoms with Crippen LogP contribution in [0.4, 0.5) is 10.5 Å². The van der Waals surface area contributed by atoms with Crippen LogP contribution in [0, 0.1) is 5.41 Å². The van der Waals surface area contributed by atoms with Crippen molar-refractivity contribution in [2.24, 2.45) is 5.41 Å². The van der Waals surface area contributed by atoms with E-state index in [2.05, 4.69) is 12.2 Å². The van der Waals surface area contributed by atoms with E-state index in [-0.39, 0.29) is 13.1 Å². The molecule has 1 unspecified atom stereocenters. The first-order valence-electron chi connectivity index (χ1n) is 16.9. The summed E-state index contributed by atoms with van der Waals surface area (Å²) in [4.78, 5) is 56.1. The summed E-state index contributed by atoms with van der Waals surface area (Å²) < 4.78 is 6.03. The molecule has 1 aliphatic heterocycles. The second-order valence-corrected chi connectivity index (χ2v) is 13.1. The maximum atomic E-state index is 13.7. The van der Waals surface area contributed by atoms with E-state index in [0.29, 0.717) is 18.0 Å². The van der Waals surface area contributed by atoms with Gasteiger partial charge < -0.3 is 15.0 Å². The van der Waals surface area contributed by atoms with Gasteiger partial charge in [-0.3, -0.25) is 14.4 Å². The number of urea groups is 1. The number of ether oxygens (including phenoxy) is 1. The van der Waals surface area contributed by atoms with Crippen LogP contribution >= 0.6 is 0 Å². The van der Waals surface area contributed by atoms with Gasteiger partial charge in [-0.1, -0.05) is 141 Å². The molecule has 8 heteroatoms. The number of para-hydroxylation sites is 2. The van der Waals surface area contributed by atoms with Crippen LogP contribution in [0.15, 0.2) is 54.6 Å². The first-order valence-corrected chi connectivity index (χ1v) is 16.9. The van der Waals surface area contributed by atoms with Crippen molar-refractivity contribution in [3.8, 4) is 5.75 Å². The maximum absolute atomic E-state index is 13.7. The zero-order valence-corrected chi connectivity index (χ0v) is 27.8. The lowest BCUT2D eigenvalue weighted by atomic mass is 9.85. The number of nitrogens with zero attached hydrogens (tertiary/aromatic N) is 2. The van der Waals surface area contributed by atoms with Gasteiger partial charge in [0.15, 0.2) is 11.8 Å². The molecule has 0 aliphatic carbocycles. The first-order chi connectivity index (χ1) is 21.6. The number of hydrogen-bond acceptors (Lipinski definition) is 5. The largest absolute Gasteiger partial charge is 0.491 e. The molecule has 0 aromatic heterocycles. The van der Waals surface area contributed by atoms with Gasteiger partial charge in [0, 0.05) is 12.0 Å². The van der Waals surface area contributed by atoms with E-state index in [1.54, 1.807) is 39.0 Å². The number of imide groups is 1. The molecule has 0 spiro atoms. The van der Waals surface area contributed by atoms with Gasteiger partial charge in [0.1, 0.15) is 12.3 Å². The van der Waals surface area contributed by atoms with Gasteiger partial charge in [0.05, 0.1) is 12.3 Å². The third-order valence-corrected chi connectivity index (χ3v) is 8.18. The highest BCUT2D eigenvalue weighted by atomic mass is 16.5. The van der Waals surface area contributed by atoms with Crippen molar-refractivity contribution in [3.63, 3.8) is 0 Å². The lowest BCUT2D eigenvalue weighted by Crippen LogP contribution is -2.55. The lowest BCUT2D eigenvalue weighted by molar-refractivity contribution is -0.143. The number of carbonyl (C=O) groups is 4. The summed E-state index contributed by atoms with van der Waals surface area (Å²) in [5.74, 6) is -1.34. The first kappa shape index (κ1) is 35.8. The van der Waals surface area contributed by atoms with Crippen LogP contribution in [-0.4, -0.2) is 52.6 Å². The topological polar surface area (TPSA) is 96.0 Å². The molecule has 1 atom stereocenters. The molecular weight excluding hydrogens is 566 g/mol. The van der Waals surface area contributed by atoms with E-state index < -0.39 is 35.1 Å². The second-order valence-electron chi connectivity index (χ2n) is 13.1. The van der Waals surface area contributed by atoms with Crippen molar-refractivity contribution in [1.82, 2.24) is 9.80 Å². The van der Waals surface area contributed by atoms with E-state index in [4.69, 9.17) is 4.74 Å². The summed E-state index contributed by atoms with van der Waals surface area (Å²) in [6.45, 7) is 7.78. The molecule has 0 radical (unpaired) electrons. The van der Waals surface area contributed by atoms with E-state index in [0.717, 1.165) is 23.3 Å². The smallest absolute Gasteiger partial charge is 0.328 e. The van der Waals surface area contributed by atoms with E-state index >= 15 is 0 Å². The summed E-state index contributed by atoms with van der Waals surface area (Å²) >= 11 is 0. The number of unbranched alkanes of at least 4 members (excludes halogenated alkanes) is 11. The van der Waals surface area contributed by atoms with Gasteiger partial charge in [-0.25, -0.2) is 9.69 Å². The number of carbonyl (C=O) groups excluding carboxylic acids is 4. The molecule has 1 heterocycles. The number of amides is 4. The predicted octanol–water partition coefficient (Wildman–Crippen LogP) is 8.15. The molecule has 2 aromatic carbocycles. The Labute approximate surface area is 269 Å². The van der Waals surface area contributed by atoms with Gasteiger partial charge in [-0.2, -0.15) is 0 Å². The summed E-state index contributed by atoms with van der Waals surface area (Å²) in [5.41, 5.74) is 0.274. The molecule has 246 valence electrons. The van der Waals surface area contributed by atoms with Gasteiger partial charge in [-0.15, -0.1) is 0 Å². The predicted molar refractivity (Wildman–Crippen MR) is 179 cm³/mol. The van der Waals surface area contributed by atoms with E-state index in [9.17, 15) is 19.2 Å². The number of anilines is 1. The van der Waals surface area contributed by atoms with Crippen LogP contribution < -0.4 is 10.1 Å². The monoisotopic (exact) mass is 619 g/mol. The Kier molecular flexibility index (Phi) is 14.6. The van der Waals surface area contributed by atoms with Crippen LogP contribution in [0.5, 0.6) is 5.75 Å². The van der Waals surface area contributed by atoms with Gasteiger partial charge in [0.25, 0.3) is 11.8 Å². The number of rotatable bonds is 20. The Morgan fingerprint density at radius 1 is 0.800 bits per heavy atom. The standard InChI is InChI=1S/C37H53N3O5/c1-5-6-7-8-9-10-11-12-13-14-15-21-26-45-31-25-20-19-24-30(31)38-35(43)33(34(42)37(2,3)4)40-32(41)28-39(36(40)44)27-29-22-17-16-18-23-29/h16-20,22-25,33H,5-15,21,26-28H2,1-4H3,(H,38,43). The molecule has 1 fully saturated rings. The molecule has 4 amide bonds. The Morgan fingerprint density at radius 3 is 1.96 bits per heavy atom. The molecule has 8 nitrogen and oxygen atoms in total. The highest BCUT2D eigenvalue weighted by Crippen LogP contribution is 2.28. The average molecular weight is 620 g/mol. The molecule has 1 N–H and O–H groups in total. The average Bonchev–Trinajstić information content (AvgIpc) is 3.28. The van der Waals surface area contributed by atoms with Crippen molar-refractivity contribution in [1.29, 1.82) is 0 Å². The van der Waals surface area contributed by atoms with Crippen molar-refractivity contribution < 1.29 is 23.9 Å². The van der Waals surface area contributed by atoms with Crippen LogP contribution in [-0.2, 0) is 20.9 Å². The van der Waals surface area contributed by atoms with Crippen LogP contribution in [0.25, 0.3) is 0 Å². The molecular formula is C37H53N3O5. The fraction of sp³-hybridized carbons (Fsp3) is 0.568. The Morgan fingerprint density at radius 2 is 1.36 bits per heavy atom. The van der Waals surface area contributed by atoms with Crippen molar-refractivity contribution in [3.05, 3.63) is 60.2 Å². The summed E-state index contributed by atoms with van der Waals surface area (Å²) in [5, 5.41) is 2.79. The zero-order chi connectivity index (χ0) is 32.7. The maximum Gasteiger partial charge on any atom is 0.328 e. The fourth-order valence-electron chi connectivity index (χ4n) is 5.53.